The lowest BCUT2D eigenvalue weighted by atomic mass is 9.36. The smallest absolute Gasteiger partial charge is 0.373 e. The van der Waals surface area contributed by atoms with E-state index in [-0.39, 0.29) is 23.6 Å². The van der Waals surface area contributed by atoms with E-state index in [1.165, 1.54) is 51.4 Å². The normalized spacial score (nSPS) is 48.3. The highest BCUT2D eigenvalue weighted by atomic mass is 32.2. The first kappa shape index (κ1) is 21.2. The van der Waals surface area contributed by atoms with Gasteiger partial charge in [-0.15, -0.1) is 0 Å². The molecule has 0 amide bonds. The van der Waals surface area contributed by atoms with Gasteiger partial charge in [-0.3, -0.25) is 4.21 Å². The van der Waals surface area contributed by atoms with Crippen LogP contribution in [0.3, 0.4) is 0 Å². The molecule has 1 spiro atoms. The van der Waals surface area contributed by atoms with E-state index in [2.05, 4.69) is 20.8 Å². The molecule has 154 valence electrons. The number of rotatable bonds is 2. The molecule has 5 heteroatoms. The number of carbonyl (C=O) groups excluding carboxylic acids is 2. The standard InChI is InChI=1S/C21H36O2S.CO2/c1-19(2)8-5-9-20(3)16(19)7-11-21-10-6-14(12-17(20)21)15(18(21)22)13-24(4)23;2-1-3/h14-18,22H,5-13H2,1-4H3;/t14-,15-,16+,17-,18+,20+,21-,24?;/m0./s1. The first-order chi connectivity index (χ1) is 12.6. The van der Waals surface area contributed by atoms with E-state index in [0.717, 1.165) is 5.92 Å². The van der Waals surface area contributed by atoms with Gasteiger partial charge in [0.1, 0.15) is 0 Å². The molecule has 0 aliphatic heterocycles. The lowest BCUT2D eigenvalue weighted by Crippen LogP contribution is -2.66. The van der Waals surface area contributed by atoms with Crippen LogP contribution in [0.1, 0.15) is 72.1 Å². The molecule has 5 aliphatic carbocycles. The van der Waals surface area contributed by atoms with Crippen LogP contribution in [0.25, 0.3) is 0 Å². The maximum absolute atomic E-state index is 11.9. The van der Waals surface area contributed by atoms with E-state index in [9.17, 15) is 9.32 Å². The molecule has 0 saturated heterocycles. The van der Waals surface area contributed by atoms with Crippen molar-refractivity contribution in [3.63, 3.8) is 0 Å². The minimum atomic E-state index is -0.792. The summed E-state index contributed by atoms with van der Waals surface area (Å²) in [6.45, 7) is 7.56. The summed E-state index contributed by atoms with van der Waals surface area (Å²) in [5.41, 5.74) is 1.01. The third-order valence-electron chi connectivity index (χ3n) is 9.21. The number of aliphatic hydroxyl groups is 1. The summed E-state index contributed by atoms with van der Waals surface area (Å²) < 4.78 is 11.9. The van der Waals surface area contributed by atoms with E-state index in [4.69, 9.17) is 9.59 Å². The highest BCUT2D eigenvalue weighted by Crippen LogP contribution is 2.72. The van der Waals surface area contributed by atoms with Crippen LogP contribution in [-0.2, 0) is 20.4 Å². The van der Waals surface area contributed by atoms with Gasteiger partial charge in [-0.2, -0.15) is 9.59 Å². The van der Waals surface area contributed by atoms with Crippen LogP contribution in [0.5, 0.6) is 0 Å². The van der Waals surface area contributed by atoms with Crippen molar-refractivity contribution in [2.24, 2.45) is 39.9 Å². The number of fused-ring (bicyclic) bond motifs is 3. The first-order valence-corrected chi connectivity index (χ1v) is 12.3. The Morgan fingerprint density at radius 3 is 2.30 bits per heavy atom. The van der Waals surface area contributed by atoms with Crippen LogP contribution in [0, 0.1) is 39.9 Å². The van der Waals surface area contributed by atoms with E-state index >= 15 is 0 Å². The molecule has 1 unspecified atom stereocenters. The van der Waals surface area contributed by atoms with Crippen molar-refractivity contribution in [1.29, 1.82) is 0 Å². The Morgan fingerprint density at radius 1 is 1.04 bits per heavy atom. The third-order valence-corrected chi connectivity index (χ3v) is 10.1. The summed E-state index contributed by atoms with van der Waals surface area (Å²) in [5, 5.41) is 11.4. The van der Waals surface area contributed by atoms with Gasteiger partial charge >= 0.3 is 6.15 Å². The van der Waals surface area contributed by atoms with Crippen molar-refractivity contribution in [2.45, 2.75) is 78.2 Å². The molecule has 4 nitrogen and oxygen atoms in total. The Hall–Kier alpha value is -0.510. The van der Waals surface area contributed by atoms with Crippen molar-refractivity contribution in [3.05, 3.63) is 0 Å². The molecular formula is C22H36O4S. The van der Waals surface area contributed by atoms with Gasteiger partial charge in [-0.1, -0.05) is 27.2 Å². The zero-order chi connectivity index (χ0) is 20.0. The summed E-state index contributed by atoms with van der Waals surface area (Å²) in [6.07, 6.45) is 12.2. The van der Waals surface area contributed by atoms with Crippen LogP contribution in [0.2, 0.25) is 0 Å². The van der Waals surface area contributed by atoms with E-state index in [1.54, 1.807) is 0 Å². The monoisotopic (exact) mass is 396 g/mol. The number of hydrogen-bond donors (Lipinski definition) is 1. The van der Waals surface area contributed by atoms with Gasteiger partial charge in [-0.05, 0) is 84.9 Å². The summed E-state index contributed by atoms with van der Waals surface area (Å²) in [5.74, 6) is 3.12. The van der Waals surface area contributed by atoms with Crippen molar-refractivity contribution in [2.75, 3.05) is 12.0 Å². The van der Waals surface area contributed by atoms with Gasteiger partial charge < -0.3 is 5.11 Å². The molecule has 0 aromatic heterocycles. The molecule has 0 aromatic carbocycles. The van der Waals surface area contributed by atoms with E-state index < -0.39 is 10.8 Å². The summed E-state index contributed by atoms with van der Waals surface area (Å²) in [6, 6.07) is 0. The molecule has 2 bridgehead atoms. The Bertz CT molecular complexity index is 626. The van der Waals surface area contributed by atoms with Crippen molar-refractivity contribution in [3.8, 4) is 0 Å². The molecule has 5 aliphatic rings. The summed E-state index contributed by atoms with van der Waals surface area (Å²) in [7, 11) is -0.792. The fourth-order valence-corrected chi connectivity index (χ4v) is 9.30. The second kappa shape index (κ2) is 7.39. The highest BCUT2D eigenvalue weighted by molar-refractivity contribution is 7.84. The fraction of sp³-hybridized carbons (Fsp3) is 0.955. The van der Waals surface area contributed by atoms with Gasteiger partial charge in [0.05, 0.1) is 6.10 Å². The zero-order valence-electron chi connectivity index (χ0n) is 17.3. The number of hydrogen-bond acceptors (Lipinski definition) is 4. The van der Waals surface area contributed by atoms with Gasteiger partial charge in [0.2, 0.25) is 0 Å². The van der Waals surface area contributed by atoms with Crippen LogP contribution in [0.4, 0.5) is 0 Å². The maximum atomic E-state index is 11.9. The van der Waals surface area contributed by atoms with Crippen molar-refractivity contribution in [1.82, 2.24) is 0 Å². The summed E-state index contributed by atoms with van der Waals surface area (Å²) in [4.78, 5) is 16.2. The predicted molar refractivity (Wildman–Crippen MR) is 105 cm³/mol. The lowest BCUT2D eigenvalue weighted by Gasteiger charge is -2.70. The molecule has 1 N–H and O–H groups in total. The largest absolute Gasteiger partial charge is 0.392 e. The van der Waals surface area contributed by atoms with Gasteiger partial charge in [0, 0.05) is 22.8 Å². The maximum Gasteiger partial charge on any atom is 0.373 e. The Balaban J connectivity index is 0.000000659. The predicted octanol–water partition coefficient (Wildman–Crippen LogP) is 3.80. The van der Waals surface area contributed by atoms with Crippen LogP contribution in [-0.4, -0.2) is 33.6 Å². The van der Waals surface area contributed by atoms with E-state index in [0.29, 0.717) is 28.4 Å². The SMILES string of the molecule is CS(=O)C[C@H]1[C@H]2CC[C@@]3(CC[C@@H]4C(C)(C)CCC[C@@]4(C)[C@@H]3C2)[C@@H]1O.O=C=O. The molecule has 0 radical (unpaired) electrons. The lowest BCUT2D eigenvalue weighted by molar-refractivity contribution is -0.238. The minimum Gasteiger partial charge on any atom is -0.392 e. The molecule has 0 aromatic rings. The zero-order valence-corrected chi connectivity index (χ0v) is 18.1. The fourth-order valence-electron chi connectivity index (χ4n) is 8.30. The molecule has 5 fully saturated rings. The van der Waals surface area contributed by atoms with Crippen LogP contribution in [0.15, 0.2) is 0 Å². The number of aliphatic hydroxyl groups excluding tert-OH is 1. The van der Waals surface area contributed by atoms with Crippen LogP contribution >= 0.6 is 0 Å². The first-order valence-electron chi connectivity index (χ1n) is 10.6. The molecule has 27 heavy (non-hydrogen) atoms. The second-order valence-electron chi connectivity index (χ2n) is 10.7. The average molecular weight is 397 g/mol. The van der Waals surface area contributed by atoms with E-state index in [1.807, 2.05) is 6.26 Å². The highest BCUT2D eigenvalue weighted by Gasteiger charge is 2.66. The Morgan fingerprint density at radius 2 is 1.67 bits per heavy atom. The minimum absolute atomic E-state index is 0.136. The third kappa shape index (κ3) is 3.28. The molecule has 0 heterocycles. The summed E-state index contributed by atoms with van der Waals surface area (Å²) >= 11 is 0. The van der Waals surface area contributed by atoms with Crippen LogP contribution < -0.4 is 0 Å². The molecule has 5 saturated carbocycles. The topological polar surface area (TPSA) is 71.4 Å². The molecular weight excluding hydrogens is 360 g/mol. The average Bonchev–Trinajstić information content (AvgIpc) is 2.57. The Labute approximate surface area is 166 Å². The van der Waals surface area contributed by atoms with Gasteiger partial charge in [-0.25, -0.2) is 0 Å². The van der Waals surface area contributed by atoms with Crippen molar-refractivity contribution < 1.29 is 18.9 Å². The van der Waals surface area contributed by atoms with Gasteiger partial charge in [0.15, 0.2) is 0 Å². The van der Waals surface area contributed by atoms with Gasteiger partial charge in [0.25, 0.3) is 0 Å². The quantitative estimate of drug-likeness (QED) is 0.771. The molecule has 8 atom stereocenters. The second-order valence-corrected chi connectivity index (χ2v) is 12.2. The molecule has 5 rings (SSSR count). The Kier molecular flexibility index (Phi) is 5.80. The van der Waals surface area contributed by atoms with Crippen molar-refractivity contribution >= 4 is 17.0 Å².